The molecular weight excluding hydrogens is 230 g/mol. The Balaban J connectivity index is 2.48. The van der Waals surface area contributed by atoms with Crippen molar-refractivity contribution in [2.45, 2.75) is 6.42 Å². The number of aromatic nitrogens is 1. The third kappa shape index (κ3) is 1.74. The molecule has 0 spiro atoms. The Morgan fingerprint density at radius 2 is 1.88 bits per heavy atom. The molecule has 0 fully saturated rings. The average Bonchev–Trinajstić information content (AvgIpc) is 2.74. The van der Waals surface area contributed by atoms with Gasteiger partial charge >= 0.3 is 5.97 Å². The topological polar surface area (TPSA) is 82.7 Å². The predicted octanol–water partition coefficient (Wildman–Crippen LogP) is 1.58. The molecule has 0 saturated heterocycles. The zero-order chi connectivity index (χ0) is 11.7. The van der Waals surface area contributed by atoms with Crippen molar-refractivity contribution in [2.24, 2.45) is 0 Å². The van der Waals surface area contributed by atoms with Crippen molar-refractivity contribution in [3.63, 3.8) is 0 Å². The summed E-state index contributed by atoms with van der Waals surface area (Å²) in [5.74, 6) is -1.19. The summed E-state index contributed by atoms with van der Waals surface area (Å²) in [6.45, 7) is 0. The standard InChI is InChI=1S/C10H9NO4S/c12-8-1-2-9(13)11(8)6-3-4-16-7(6)5-10(14)15/h1-4,12-13H,5H2,(H,14,15). The lowest BCUT2D eigenvalue weighted by atomic mass is 10.3. The molecule has 0 bridgehead atoms. The van der Waals surface area contributed by atoms with Crippen molar-refractivity contribution >= 4 is 17.3 Å². The van der Waals surface area contributed by atoms with Crippen LogP contribution >= 0.6 is 11.3 Å². The zero-order valence-corrected chi connectivity index (χ0v) is 8.94. The van der Waals surface area contributed by atoms with Gasteiger partial charge in [-0.15, -0.1) is 11.3 Å². The third-order valence-electron chi connectivity index (χ3n) is 2.11. The van der Waals surface area contributed by atoms with E-state index in [1.807, 2.05) is 0 Å². The Hall–Kier alpha value is -1.95. The summed E-state index contributed by atoms with van der Waals surface area (Å²) in [7, 11) is 0. The van der Waals surface area contributed by atoms with Crippen LogP contribution in [0.5, 0.6) is 11.8 Å². The average molecular weight is 239 g/mol. The second-order valence-corrected chi connectivity index (χ2v) is 4.19. The lowest BCUT2D eigenvalue weighted by molar-refractivity contribution is -0.136. The van der Waals surface area contributed by atoms with Crippen LogP contribution in [-0.4, -0.2) is 25.9 Å². The second kappa shape index (κ2) is 3.90. The molecule has 2 aromatic heterocycles. The first-order chi connectivity index (χ1) is 7.59. The monoisotopic (exact) mass is 239 g/mol. The van der Waals surface area contributed by atoms with Gasteiger partial charge in [0.05, 0.1) is 12.1 Å². The third-order valence-corrected chi connectivity index (χ3v) is 3.02. The number of nitrogens with zero attached hydrogens (tertiary/aromatic N) is 1. The molecular formula is C10H9NO4S. The summed E-state index contributed by atoms with van der Waals surface area (Å²) in [5.41, 5.74) is 0.493. The van der Waals surface area contributed by atoms with Crippen LogP contribution in [0.1, 0.15) is 4.88 Å². The van der Waals surface area contributed by atoms with Gasteiger partial charge in [-0.05, 0) is 11.4 Å². The number of carboxylic acid groups (broad SMARTS) is 1. The number of rotatable bonds is 3. The molecule has 6 heteroatoms. The highest BCUT2D eigenvalue weighted by atomic mass is 32.1. The molecule has 0 aliphatic carbocycles. The molecule has 16 heavy (non-hydrogen) atoms. The number of hydrogen-bond acceptors (Lipinski definition) is 4. The van der Waals surface area contributed by atoms with Crippen LogP contribution in [0, 0.1) is 0 Å². The molecule has 2 heterocycles. The van der Waals surface area contributed by atoms with Crippen LogP contribution < -0.4 is 0 Å². The maximum atomic E-state index is 10.6. The van der Waals surface area contributed by atoms with Gasteiger partial charge in [0.1, 0.15) is 0 Å². The lowest BCUT2D eigenvalue weighted by Crippen LogP contribution is -2.02. The van der Waals surface area contributed by atoms with Crippen LogP contribution in [0.25, 0.3) is 5.69 Å². The van der Waals surface area contributed by atoms with Gasteiger partial charge in [-0.1, -0.05) is 0 Å². The quantitative estimate of drug-likeness (QED) is 0.759. The minimum atomic E-state index is -0.949. The van der Waals surface area contributed by atoms with Gasteiger partial charge in [0, 0.05) is 17.0 Å². The fraction of sp³-hybridized carbons (Fsp3) is 0.100. The Bertz CT molecular complexity index is 509. The second-order valence-electron chi connectivity index (χ2n) is 3.18. The molecule has 0 unspecified atom stereocenters. The molecule has 0 aliphatic rings. The van der Waals surface area contributed by atoms with Crippen LogP contribution in [-0.2, 0) is 11.2 Å². The summed E-state index contributed by atoms with van der Waals surface area (Å²) < 4.78 is 1.20. The minimum absolute atomic E-state index is 0.123. The maximum absolute atomic E-state index is 10.6. The van der Waals surface area contributed by atoms with Gasteiger partial charge in [-0.3, -0.25) is 9.36 Å². The molecule has 3 N–H and O–H groups in total. The van der Waals surface area contributed by atoms with E-state index in [2.05, 4.69) is 0 Å². The van der Waals surface area contributed by atoms with Crippen LogP contribution in [0.15, 0.2) is 23.6 Å². The molecule has 0 aromatic carbocycles. The van der Waals surface area contributed by atoms with Crippen molar-refractivity contribution in [2.75, 3.05) is 0 Å². The maximum Gasteiger partial charge on any atom is 0.308 e. The molecule has 0 aliphatic heterocycles. The summed E-state index contributed by atoms with van der Waals surface area (Å²) >= 11 is 1.27. The normalized spacial score (nSPS) is 10.5. The summed E-state index contributed by atoms with van der Waals surface area (Å²) in [6, 6.07) is 4.34. The number of aliphatic carboxylic acids is 1. The van der Waals surface area contributed by atoms with E-state index in [1.54, 1.807) is 11.4 Å². The number of carbonyl (C=O) groups is 1. The minimum Gasteiger partial charge on any atom is -0.494 e. The van der Waals surface area contributed by atoms with Crippen molar-refractivity contribution in [3.8, 4) is 17.4 Å². The van der Waals surface area contributed by atoms with Gasteiger partial charge in [-0.2, -0.15) is 0 Å². The van der Waals surface area contributed by atoms with E-state index in [4.69, 9.17) is 5.11 Å². The molecule has 2 rings (SSSR count). The van der Waals surface area contributed by atoms with Crippen molar-refractivity contribution < 1.29 is 20.1 Å². The lowest BCUT2D eigenvalue weighted by Gasteiger charge is -2.06. The van der Waals surface area contributed by atoms with E-state index < -0.39 is 5.97 Å². The van der Waals surface area contributed by atoms with Crippen LogP contribution in [0.4, 0.5) is 0 Å². The first-order valence-electron chi connectivity index (χ1n) is 4.48. The molecule has 5 nitrogen and oxygen atoms in total. The largest absolute Gasteiger partial charge is 0.494 e. The highest BCUT2D eigenvalue weighted by molar-refractivity contribution is 7.10. The molecule has 0 saturated carbocycles. The summed E-state index contributed by atoms with van der Waals surface area (Å²) in [6.07, 6.45) is -0.135. The molecule has 0 radical (unpaired) electrons. The Morgan fingerprint density at radius 3 is 2.44 bits per heavy atom. The smallest absolute Gasteiger partial charge is 0.308 e. The highest BCUT2D eigenvalue weighted by Crippen LogP contribution is 2.31. The van der Waals surface area contributed by atoms with E-state index in [-0.39, 0.29) is 18.2 Å². The van der Waals surface area contributed by atoms with Gasteiger partial charge in [0.2, 0.25) is 0 Å². The zero-order valence-electron chi connectivity index (χ0n) is 8.12. The number of carboxylic acids is 1. The Labute approximate surface area is 94.8 Å². The summed E-state index contributed by atoms with van der Waals surface area (Å²) in [4.78, 5) is 11.2. The molecule has 0 amide bonds. The van der Waals surface area contributed by atoms with E-state index in [0.29, 0.717) is 10.6 Å². The SMILES string of the molecule is O=C(O)Cc1sccc1-n1c(O)ccc1O. The fourth-order valence-corrected chi connectivity index (χ4v) is 2.31. The first kappa shape index (κ1) is 10.6. The van der Waals surface area contributed by atoms with Crippen molar-refractivity contribution in [3.05, 3.63) is 28.5 Å². The fourth-order valence-electron chi connectivity index (χ4n) is 1.47. The predicted molar refractivity (Wildman–Crippen MR) is 58.3 cm³/mol. The first-order valence-corrected chi connectivity index (χ1v) is 5.36. The van der Waals surface area contributed by atoms with Gasteiger partial charge < -0.3 is 15.3 Å². The molecule has 84 valence electrons. The molecule has 2 aromatic rings. The van der Waals surface area contributed by atoms with E-state index >= 15 is 0 Å². The number of thiophene rings is 1. The van der Waals surface area contributed by atoms with E-state index in [1.165, 1.54) is 28.0 Å². The van der Waals surface area contributed by atoms with E-state index in [0.717, 1.165) is 0 Å². The van der Waals surface area contributed by atoms with Crippen LogP contribution in [0.3, 0.4) is 0 Å². The Kier molecular flexibility index (Phi) is 2.57. The number of aromatic hydroxyl groups is 2. The van der Waals surface area contributed by atoms with Crippen LogP contribution in [0.2, 0.25) is 0 Å². The highest BCUT2D eigenvalue weighted by Gasteiger charge is 2.15. The van der Waals surface area contributed by atoms with Crippen molar-refractivity contribution in [1.82, 2.24) is 4.57 Å². The van der Waals surface area contributed by atoms with Crippen molar-refractivity contribution in [1.29, 1.82) is 0 Å². The van der Waals surface area contributed by atoms with Gasteiger partial charge in [-0.25, -0.2) is 0 Å². The van der Waals surface area contributed by atoms with Gasteiger partial charge in [0.25, 0.3) is 0 Å². The van der Waals surface area contributed by atoms with Gasteiger partial charge in [0.15, 0.2) is 11.8 Å². The Morgan fingerprint density at radius 1 is 1.25 bits per heavy atom. The summed E-state index contributed by atoms with van der Waals surface area (Å²) in [5, 5.41) is 29.5. The number of hydrogen-bond donors (Lipinski definition) is 3. The van der Waals surface area contributed by atoms with E-state index in [9.17, 15) is 15.0 Å². The molecule has 0 atom stereocenters.